The highest BCUT2D eigenvalue weighted by Gasteiger charge is 2.17. The van der Waals surface area contributed by atoms with Gasteiger partial charge < -0.3 is 14.2 Å². The van der Waals surface area contributed by atoms with Crippen LogP contribution < -0.4 is 18.9 Å². The molecule has 174 valence electrons. The van der Waals surface area contributed by atoms with E-state index in [0.717, 1.165) is 22.3 Å². The molecule has 0 atom stereocenters. The van der Waals surface area contributed by atoms with Gasteiger partial charge in [0, 0.05) is 11.8 Å². The Labute approximate surface area is 195 Å². The van der Waals surface area contributed by atoms with E-state index in [1.165, 1.54) is 12.1 Å². The quantitative estimate of drug-likeness (QED) is 0.460. The second kappa shape index (κ2) is 9.95. The van der Waals surface area contributed by atoms with Crippen molar-refractivity contribution >= 4 is 27.6 Å². The van der Waals surface area contributed by atoms with E-state index >= 15 is 0 Å². The summed E-state index contributed by atoms with van der Waals surface area (Å²) in [5.74, 6) is 1.54. The van der Waals surface area contributed by atoms with E-state index in [1.807, 2.05) is 32.9 Å². The summed E-state index contributed by atoms with van der Waals surface area (Å²) in [7, 11) is 0.905. The number of anilines is 1. The summed E-state index contributed by atoms with van der Waals surface area (Å²) in [5, 5.41) is 0. The first-order valence-corrected chi connectivity index (χ1v) is 11.7. The van der Waals surface area contributed by atoms with Crippen LogP contribution in [0.25, 0.3) is 0 Å². The molecule has 33 heavy (non-hydrogen) atoms. The van der Waals surface area contributed by atoms with Crippen LogP contribution in [0.4, 0.5) is 11.4 Å². The Morgan fingerprint density at radius 3 is 1.85 bits per heavy atom. The van der Waals surface area contributed by atoms with Gasteiger partial charge in [0.15, 0.2) is 11.5 Å². The summed E-state index contributed by atoms with van der Waals surface area (Å²) in [4.78, 5) is 4.60. The first kappa shape index (κ1) is 24.1. The Bertz CT molecular complexity index is 1230. The van der Waals surface area contributed by atoms with Gasteiger partial charge in [-0.25, -0.2) is 8.42 Å². The molecule has 0 fully saturated rings. The van der Waals surface area contributed by atoms with Crippen molar-refractivity contribution in [1.29, 1.82) is 0 Å². The first-order chi connectivity index (χ1) is 15.7. The molecule has 3 aromatic carbocycles. The van der Waals surface area contributed by atoms with Crippen LogP contribution in [0.3, 0.4) is 0 Å². The zero-order valence-corrected chi connectivity index (χ0v) is 20.4. The molecule has 0 unspecified atom stereocenters. The van der Waals surface area contributed by atoms with E-state index < -0.39 is 10.0 Å². The second-order valence-electron chi connectivity index (χ2n) is 7.59. The van der Waals surface area contributed by atoms with Crippen molar-refractivity contribution in [3.05, 3.63) is 70.8 Å². The van der Waals surface area contributed by atoms with Crippen molar-refractivity contribution < 1.29 is 22.6 Å². The standard InChI is InChI=1S/C25H28N2O5S/c1-16-11-17(2)24(18(3)12-16)27-33(28,29)21-9-7-20(8-10-21)26-15-19-13-22(30-4)25(32-6)23(14-19)31-5/h7-15,27H,1-6H3. The van der Waals surface area contributed by atoms with Gasteiger partial charge in [-0.05, 0) is 68.3 Å². The predicted octanol–water partition coefficient (Wildman–Crippen LogP) is 5.19. The highest BCUT2D eigenvalue weighted by Crippen LogP contribution is 2.38. The number of nitrogens with zero attached hydrogens (tertiary/aromatic N) is 1. The molecule has 0 bridgehead atoms. The number of aliphatic imine (C=N–C) groups is 1. The van der Waals surface area contributed by atoms with Crippen LogP contribution in [0, 0.1) is 20.8 Å². The van der Waals surface area contributed by atoms with Crippen molar-refractivity contribution in [3.63, 3.8) is 0 Å². The Hall–Kier alpha value is -3.52. The number of benzene rings is 3. The number of sulfonamides is 1. The average molecular weight is 469 g/mol. The van der Waals surface area contributed by atoms with Gasteiger partial charge in [-0.15, -0.1) is 0 Å². The van der Waals surface area contributed by atoms with Crippen molar-refractivity contribution in [3.8, 4) is 17.2 Å². The van der Waals surface area contributed by atoms with Gasteiger partial charge >= 0.3 is 0 Å². The topological polar surface area (TPSA) is 86.2 Å². The smallest absolute Gasteiger partial charge is 0.261 e. The summed E-state index contributed by atoms with van der Waals surface area (Å²) >= 11 is 0. The van der Waals surface area contributed by atoms with Crippen LogP contribution in [0.1, 0.15) is 22.3 Å². The highest BCUT2D eigenvalue weighted by atomic mass is 32.2. The van der Waals surface area contributed by atoms with Gasteiger partial charge in [-0.3, -0.25) is 9.71 Å². The SMILES string of the molecule is COc1cc(C=Nc2ccc(S(=O)(=O)Nc3c(C)cc(C)cc3C)cc2)cc(OC)c1OC. The van der Waals surface area contributed by atoms with Crippen LogP contribution in [0.15, 0.2) is 58.4 Å². The predicted molar refractivity (Wildman–Crippen MR) is 131 cm³/mol. The molecule has 0 saturated heterocycles. The fourth-order valence-electron chi connectivity index (χ4n) is 3.57. The molecule has 0 saturated carbocycles. The van der Waals surface area contributed by atoms with Crippen LogP contribution in [-0.2, 0) is 10.0 Å². The molecule has 0 aliphatic carbocycles. The van der Waals surface area contributed by atoms with Gasteiger partial charge in [0.05, 0.1) is 37.6 Å². The molecule has 3 aromatic rings. The molecule has 0 heterocycles. The summed E-state index contributed by atoms with van der Waals surface area (Å²) in [6, 6.07) is 13.8. The fraction of sp³-hybridized carbons (Fsp3) is 0.240. The van der Waals surface area contributed by atoms with Gasteiger partial charge in [-0.1, -0.05) is 17.7 Å². The molecule has 1 N–H and O–H groups in total. The van der Waals surface area contributed by atoms with Gasteiger partial charge in [-0.2, -0.15) is 0 Å². The monoisotopic (exact) mass is 468 g/mol. The summed E-state index contributed by atoms with van der Waals surface area (Å²) in [6.07, 6.45) is 1.64. The summed E-state index contributed by atoms with van der Waals surface area (Å²) < 4.78 is 44.5. The third kappa shape index (κ3) is 5.46. The highest BCUT2D eigenvalue weighted by molar-refractivity contribution is 7.92. The number of nitrogens with one attached hydrogen (secondary N) is 1. The maximum atomic E-state index is 12.9. The van der Waals surface area contributed by atoms with Crippen LogP contribution in [0.2, 0.25) is 0 Å². The molecule has 0 radical (unpaired) electrons. The number of rotatable bonds is 8. The zero-order chi connectivity index (χ0) is 24.2. The number of hydrogen-bond donors (Lipinski definition) is 1. The molecule has 7 nitrogen and oxygen atoms in total. The van der Waals surface area contributed by atoms with E-state index in [0.29, 0.717) is 28.6 Å². The average Bonchev–Trinajstić information content (AvgIpc) is 2.79. The molecule has 0 spiro atoms. The normalized spacial score (nSPS) is 11.5. The number of hydrogen-bond acceptors (Lipinski definition) is 6. The Morgan fingerprint density at radius 1 is 0.818 bits per heavy atom. The minimum atomic E-state index is -3.73. The maximum absolute atomic E-state index is 12.9. The molecule has 8 heteroatoms. The largest absolute Gasteiger partial charge is 0.493 e. The number of methoxy groups -OCH3 is 3. The summed E-state index contributed by atoms with van der Waals surface area (Å²) in [6.45, 7) is 5.76. The minimum Gasteiger partial charge on any atom is -0.493 e. The lowest BCUT2D eigenvalue weighted by Crippen LogP contribution is -2.14. The van der Waals surface area contributed by atoms with Crippen molar-refractivity contribution in [2.75, 3.05) is 26.1 Å². The van der Waals surface area contributed by atoms with Crippen LogP contribution in [0.5, 0.6) is 17.2 Å². The molecule has 0 aromatic heterocycles. The van der Waals surface area contributed by atoms with E-state index in [1.54, 1.807) is 51.8 Å². The molecular formula is C25H28N2O5S. The van der Waals surface area contributed by atoms with Crippen molar-refractivity contribution in [1.82, 2.24) is 0 Å². The van der Waals surface area contributed by atoms with Gasteiger partial charge in [0.1, 0.15) is 0 Å². The second-order valence-corrected chi connectivity index (χ2v) is 9.27. The van der Waals surface area contributed by atoms with Gasteiger partial charge in [0.2, 0.25) is 5.75 Å². The van der Waals surface area contributed by atoms with E-state index in [4.69, 9.17) is 14.2 Å². The third-order valence-electron chi connectivity index (χ3n) is 5.11. The molecular weight excluding hydrogens is 440 g/mol. The Kier molecular flexibility index (Phi) is 7.28. The van der Waals surface area contributed by atoms with Crippen LogP contribution >= 0.6 is 0 Å². The molecule has 0 amide bonds. The number of aryl methyl sites for hydroxylation is 3. The van der Waals surface area contributed by atoms with E-state index in [2.05, 4.69) is 9.71 Å². The lowest BCUT2D eigenvalue weighted by Gasteiger charge is -2.14. The fourth-order valence-corrected chi connectivity index (χ4v) is 4.77. The lowest BCUT2D eigenvalue weighted by atomic mass is 10.1. The zero-order valence-electron chi connectivity index (χ0n) is 19.6. The van der Waals surface area contributed by atoms with Crippen molar-refractivity contribution in [2.45, 2.75) is 25.7 Å². The summed E-state index contributed by atoms with van der Waals surface area (Å²) in [5.41, 5.74) is 4.79. The lowest BCUT2D eigenvalue weighted by molar-refractivity contribution is 0.324. The molecule has 3 rings (SSSR count). The Balaban J connectivity index is 1.83. The van der Waals surface area contributed by atoms with Gasteiger partial charge in [0.25, 0.3) is 10.0 Å². The first-order valence-electron chi connectivity index (χ1n) is 10.2. The third-order valence-corrected chi connectivity index (χ3v) is 6.48. The Morgan fingerprint density at radius 2 is 1.36 bits per heavy atom. The maximum Gasteiger partial charge on any atom is 0.261 e. The number of ether oxygens (including phenoxy) is 3. The van der Waals surface area contributed by atoms with Crippen LogP contribution in [-0.4, -0.2) is 36.0 Å². The molecule has 0 aliphatic heterocycles. The van der Waals surface area contributed by atoms with E-state index in [-0.39, 0.29) is 4.90 Å². The van der Waals surface area contributed by atoms with E-state index in [9.17, 15) is 8.42 Å². The van der Waals surface area contributed by atoms with Crippen molar-refractivity contribution in [2.24, 2.45) is 4.99 Å². The molecule has 0 aliphatic rings. The minimum absolute atomic E-state index is 0.161.